The largest absolute Gasteiger partial charge is 0.481 e. The van der Waals surface area contributed by atoms with E-state index in [1.54, 1.807) is 6.92 Å². The van der Waals surface area contributed by atoms with Crippen molar-refractivity contribution in [3.05, 3.63) is 28.2 Å². The zero-order valence-corrected chi connectivity index (χ0v) is 13.6. The normalized spacial score (nSPS) is 13.7. The predicted octanol–water partition coefficient (Wildman–Crippen LogP) is 3.83. The molecule has 0 saturated carbocycles. The molecule has 0 aliphatic heterocycles. The molecule has 19 heavy (non-hydrogen) atoms. The van der Waals surface area contributed by atoms with Gasteiger partial charge < -0.3 is 10.1 Å². The van der Waals surface area contributed by atoms with Gasteiger partial charge in [0.05, 0.1) is 0 Å². The second-order valence-corrected chi connectivity index (χ2v) is 5.72. The number of benzene rings is 1. The van der Waals surface area contributed by atoms with E-state index in [0.717, 1.165) is 22.9 Å². The van der Waals surface area contributed by atoms with Gasteiger partial charge in [-0.15, -0.1) is 0 Å². The average Bonchev–Trinajstić information content (AvgIpc) is 2.34. The minimum Gasteiger partial charge on any atom is -0.481 e. The molecule has 106 valence electrons. The first kappa shape index (κ1) is 16.0. The van der Waals surface area contributed by atoms with Gasteiger partial charge in [-0.2, -0.15) is 0 Å². The van der Waals surface area contributed by atoms with Gasteiger partial charge >= 0.3 is 0 Å². The Balaban J connectivity index is 2.56. The molecule has 0 aliphatic carbocycles. The van der Waals surface area contributed by atoms with Crippen molar-refractivity contribution in [2.75, 3.05) is 0 Å². The summed E-state index contributed by atoms with van der Waals surface area (Å²) < 4.78 is 6.69. The van der Waals surface area contributed by atoms with E-state index in [1.165, 1.54) is 0 Å². The third-order valence-electron chi connectivity index (χ3n) is 2.92. The first-order chi connectivity index (χ1) is 8.93. The number of amides is 1. The van der Waals surface area contributed by atoms with Gasteiger partial charge in [-0.1, -0.05) is 29.3 Å². The van der Waals surface area contributed by atoms with Crippen LogP contribution in [0, 0.1) is 6.92 Å². The second kappa shape index (κ2) is 7.53. The van der Waals surface area contributed by atoms with E-state index in [0.29, 0.717) is 5.75 Å². The van der Waals surface area contributed by atoms with Crippen LogP contribution >= 0.6 is 15.9 Å². The second-order valence-electron chi connectivity index (χ2n) is 4.87. The molecule has 0 radical (unpaired) electrons. The van der Waals surface area contributed by atoms with E-state index in [4.69, 9.17) is 4.74 Å². The van der Waals surface area contributed by atoms with E-state index in [2.05, 4.69) is 28.2 Å². The van der Waals surface area contributed by atoms with Crippen LogP contribution in [0.1, 0.15) is 39.2 Å². The first-order valence-corrected chi connectivity index (χ1v) is 7.46. The molecule has 1 aromatic carbocycles. The molecule has 0 aliphatic rings. The third kappa shape index (κ3) is 5.23. The van der Waals surface area contributed by atoms with Gasteiger partial charge in [-0.25, -0.2) is 0 Å². The number of halogens is 1. The molecule has 4 heteroatoms. The van der Waals surface area contributed by atoms with Crippen LogP contribution in [0.3, 0.4) is 0 Å². The topological polar surface area (TPSA) is 38.3 Å². The van der Waals surface area contributed by atoms with Crippen molar-refractivity contribution in [2.24, 2.45) is 0 Å². The minimum atomic E-state index is -0.486. The lowest BCUT2D eigenvalue weighted by Crippen LogP contribution is -2.41. The molecule has 1 N–H and O–H groups in total. The lowest BCUT2D eigenvalue weighted by Gasteiger charge is -2.18. The zero-order valence-electron chi connectivity index (χ0n) is 12.0. The highest BCUT2D eigenvalue weighted by Crippen LogP contribution is 2.22. The quantitative estimate of drug-likeness (QED) is 0.862. The molecule has 1 rings (SSSR count). The summed E-state index contributed by atoms with van der Waals surface area (Å²) in [6.07, 6.45) is 1.55. The molecule has 0 spiro atoms. The van der Waals surface area contributed by atoms with Gasteiger partial charge in [0.15, 0.2) is 6.10 Å². The van der Waals surface area contributed by atoms with Gasteiger partial charge in [-0.05, 0) is 51.0 Å². The number of carbonyl (C=O) groups excluding carboxylic acids is 1. The first-order valence-electron chi connectivity index (χ1n) is 6.67. The summed E-state index contributed by atoms with van der Waals surface area (Å²) in [6.45, 7) is 7.88. The number of rotatable bonds is 6. The van der Waals surface area contributed by atoms with Crippen molar-refractivity contribution in [2.45, 2.75) is 52.7 Å². The molecular weight excluding hydrogens is 306 g/mol. The lowest BCUT2D eigenvalue weighted by molar-refractivity contribution is -0.127. The van der Waals surface area contributed by atoms with E-state index in [-0.39, 0.29) is 11.9 Å². The van der Waals surface area contributed by atoms with E-state index in [9.17, 15) is 4.79 Å². The van der Waals surface area contributed by atoms with Crippen LogP contribution in [0.2, 0.25) is 0 Å². The highest BCUT2D eigenvalue weighted by Gasteiger charge is 2.16. The molecule has 2 atom stereocenters. The fourth-order valence-corrected chi connectivity index (χ4v) is 2.06. The van der Waals surface area contributed by atoms with E-state index in [1.807, 2.05) is 32.0 Å². The minimum absolute atomic E-state index is 0.0680. The Bertz CT molecular complexity index is 434. The maximum absolute atomic E-state index is 11.9. The number of hydrogen-bond acceptors (Lipinski definition) is 2. The molecule has 3 nitrogen and oxygen atoms in total. The summed E-state index contributed by atoms with van der Waals surface area (Å²) >= 11 is 3.44. The van der Waals surface area contributed by atoms with Crippen LogP contribution < -0.4 is 10.1 Å². The van der Waals surface area contributed by atoms with Crippen LogP contribution in [0.15, 0.2) is 22.7 Å². The molecule has 0 heterocycles. The maximum atomic E-state index is 11.9. The van der Waals surface area contributed by atoms with Crippen molar-refractivity contribution < 1.29 is 9.53 Å². The molecule has 1 aromatic rings. The number of hydrogen-bond donors (Lipinski definition) is 1. The molecule has 0 aromatic heterocycles. The van der Waals surface area contributed by atoms with Crippen molar-refractivity contribution in [3.8, 4) is 5.75 Å². The van der Waals surface area contributed by atoms with E-state index >= 15 is 0 Å². The lowest BCUT2D eigenvalue weighted by atomic mass is 10.2. The smallest absolute Gasteiger partial charge is 0.260 e. The van der Waals surface area contributed by atoms with Gasteiger partial charge in [0.25, 0.3) is 5.91 Å². The van der Waals surface area contributed by atoms with Crippen molar-refractivity contribution >= 4 is 21.8 Å². The summed E-state index contributed by atoms with van der Waals surface area (Å²) in [6, 6.07) is 5.89. The molecule has 0 bridgehead atoms. The van der Waals surface area contributed by atoms with Crippen molar-refractivity contribution in [3.63, 3.8) is 0 Å². The van der Waals surface area contributed by atoms with Gasteiger partial charge in [0.1, 0.15) is 5.75 Å². The average molecular weight is 328 g/mol. The van der Waals surface area contributed by atoms with Crippen LogP contribution in [0.5, 0.6) is 5.75 Å². The Labute approximate surface area is 123 Å². The molecule has 1 amide bonds. The standard InChI is InChI=1S/C15H22BrNO2/c1-5-6-11(3)17-15(18)12(4)19-13-7-8-14(16)10(2)9-13/h7-9,11-12H,5-6H2,1-4H3,(H,17,18). The fourth-order valence-electron chi connectivity index (χ4n) is 1.81. The molecule has 0 fully saturated rings. The summed E-state index contributed by atoms with van der Waals surface area (Å²) in [7, 11) is 0. The summed E-state index contributed by atoms with van der Waals surface area (Å²) in [5.74, 6) is 0.646. The van der Waals surface area contributed by atoms with Crippen molar-refractivity contribution in [1.82, 2.24) is 5.32 Å². The number of aryl methyl sites for hydroxylation is 1. The SMILES string of the molecule is CCCC(C)NC(=O)C(C)Oc1ccc(Br)c(C)c1. The Morgan fingerprint density at radius 1 is 1.42 bits per heavy atom. The Morgan fingerprint density at radius 3 is 2.68 bits per heavy atom. The summed E-state index contributed by atoms with van der Waals surface area (Å²) in [5.41, 5.74) is 1.09. The van der Waals surface area contributed by atoms with Gasteiger partial charge in [0, 0.05) is 10.5 Å². The van der Waals surface area contributed by atoms with Gasteiger partial charge in [-0.3, -0.25) is 4.79 Å². The predicted molar refractivity (Wildman–Crippen MR) is 81.5 cm³/mol. The number of carbonyl (C=O) groups is 1. The van der Waals surface area contributed by atoms with E-state index < -0.39 is 6.10 Å². The number of nitrogens with one attached hydrogen (secondary N) is 1. The summed E-state index contributed by atoms with van der Waals surface area (Å²) in [4.78, 5) is 11.9. The molecular formula is C15H22BrNO2. The monoisotopic (exact) mass is 327 g/mol. The number of ether oxygens (including phenoxy) is 1. The summed E-state index contributed by atoms with van der Waals surface area (Å²) in [5, 5.41) is 2.95. The maximum Gasteiger partial charge on any atom is 0.260 e. The highest BCUT2D eigenvalue weighted by molar-refractivity contribution is 9.10. The fraction of sp³-hybridized carbons (Fsp3) is 0.533. The Hall–Kier alpha value is -1.03. The van der Waals surface area contributed by atoms with Crippen molar-refractivity contribution in [1.29, 1.82) is 0 Å². The Morgan fingerprint density at radius 2 is 2.11 bits per heavy atom. The zero-order chi connectivity index (χ0) is 14.4. The molecule has 0 saturated heterocycles. The highest BCUT2D eigenvalue weighted by atomic mass is 79.9. The van der Waals surface area contributed by atoms with Crippen LogP contribution in [0.4, 0.5) is 0 Å². The van der Waals surface area contributed by atoms with Crippen LogP contribution in [0.25, 0.3) is 0 Å². The third-order valence-corrected chi connectivity index (χ3v) is 3.81. The molecule has 2 unspecified atom stereocenters. The Kier molecular flexibility index (Phi) is 6.35. The van der Waals surface area contributed by atoms with Crippen LogP contribution in [-0.4, -0.2) is 18.1 Å². The van der Waals surface area contributed by atoms with Crippen LogP contribution in [-0.2, 0) is 4.79 Å². The van der Waals surface area contributed by atoms with Gasteiger partial charge in [0.2, 0.25) is 0 Å².